The Balaban J connectivity index is 1.83. The van der Waals surface area contributed by atoms with E-state index in [4.69, 9.17) is 0 Å². The highest BCUT2D eigenvalue weighted by Crippen LogP contribution is 2.34. The highest BCUT2D eigenvalue weighted by molar-refractivity contribution is 7.92. The molecule has 3 N–H and O–H groups in total. The molecule has 0 unspecified atom stereocenters. The van der Waals surface area contributed by atoms with Gasteiger partial charge in [0.25, 0.3) is 0 Å². The number of hydrogen-bond acceptors (Lipinski definition) is 8. The molecule has 3 aromatic rings. The van der Waals surface area contributed by atoms with E-state index < -0.39 is 27.6 Å². The van der Waals surface area contributed by atoms with E-state index in [2.05, 4.69) is 30.9 Å². The molecule has 0 bridgehead atoms. The minimum absolute atomic E-state index is 0.0767. The number of benzene rings is 1. The molecule has 10 nitrogen and oxygen atoms in total. The Hall–Kier alpha value is -3.94. The van der Waals surface area contributed by atoms with E-state index in [1.807, 2.05) is 0 Å². The third kappa shape index (κ3) is 7.04. The van der Waals surface area contributed by atoms with Gasteiger partial charge in [-0.25, -0.2) is 18.4 Å². The normalized spacial score (nSPS) is 11.6. The number of carbonyl (C=O) groups excluding carboxylic acids is 1. The number of aromatic nitrogens is 3. The zero-order valence-electron chi connectivity index (χ0n) is 19.6. The van der Waals surface area contributed by atoms with E-state index in [0.29, 0.717) is 24.0 Å². The van der Waals surface area contributed by atoms with E-state index in [9.17, 15) is 26.4 Å². The Bertz CT molecular complexity index is 1330. The van der Waals surface area contributed by atoms with Crippen molar-refractivity contribution in [3.8, 4) is 0 Å². The molecule has 1 amide bonds. The summed E-state index contributed by atoms with van der Waals surface area (Å²) in [5.41, 5.74) is 0.622. The molecule has 0 saturated carbocycles. The van der Waals surface area contributed by atoms with Crippen LogP contribution in [0.15, 0.2) is 48.8 Å². The molecular weight excluding hydrogens is 499 g/mol. The molecule has 3 rings (SSSR count). The number of anilines is 4. The Labute approximate surface area is 206 Å². The Morgan fingerprint density at radius 3 is 2.39 bits per heavy atom. The van der Waals surface area contributed by atoms with Crippen LogP contribution in [0.5, 0.6) is 0 Å². The number of nitrogens with one attached hydrogen (secondary N) is 3. The highest BCUT2D eigenvalue weighted by Gasteiger charge is 2.35. The van der Waals surface area contributed by atoms with Crippen molar-refractivity contribution >= 4 is 39.2 Å². The van der Waals surface area contributed by atoms with Crippen molar-refractivity contribution in [2.75, 3.05) is 28.2 Å². The van der Waals surface area contributed by atoms with Crippen LogP contribution in [0.2, 0.25) is 0 Å². The summed E-state index contributed by atoms with van der Waals surface area (Å²) in [6.07, 6.45) is -1.69. The second-order valence-corrected chi connectivity index (χ2v) is 9.77. The van der Waals surface area contributed by atoms with Gasteiger partial charge in [-0.15, -0.1) is 0 Å². The van der Waals surface area contributed by atoms with Gasteiger partial charge in [-0.1, -0.05) is 18.2 Å². The fourth-order valence-electron chi connectivity index (χ4n) is 3.03. The Kier molecular flexibility index (Phi) is 7.97. The second-order valence-electron chi connectivity index (χ2n) is 7.76. The summed E-state index contributed by atoms with van der Waals surface area (Å²) in [7, 11) is -2.34. The van der Waals surface area contributed by atoms with Crippen molar-refractivity contribution < 1.29 is 26.4 Å². The Morgan fingerprint density at radius 2 is 1.78 bits per heavy atom. The summed E-state index contributed by atoms with van der Waals surface area (Å²) in [4.78, 5) is 22.9. The SMILES string of the molecule is CC(=O)NCc1ccc(Nc2ncc(C(F)(F)F)c(NCc3cccnc3N(C)S(C)(=O)=O)n2)cc1. The van der Waals surface area contributed by atoms with Crippen LogP contribution in [0.4, 0.5) is 36.4 Å². The van der Waals surface area contributed by atoms with Crippen molar-refractivity contribution in [3.05, 3.63) is 65.5 Å². The van der Waals surface area contributed by atoms with Crippen LogP contribution < -0.4 is 20.3 Å². The summed E-state index contributed by atoms with van der Waals surface area (Å²) in [5, 5.41) is 8.14. The highest BCUT2D eigenvalue weighted by atomic mass is 32.2. The van der Waals surface area contributed by atoms with Crippen LogP contribution >= 0.6 is 0 Å². The van der Waals surface area contributed by atoms with E-state index in [-0.39, 0.29) is 24.2 Å². The van der Waals surface area contributed by atoms with Gasteiger partial charge >= 0.3 is 6.18 Å². The number of nitrogens with zero attached hydrogens (tertiary/aromatic N) is 4. The lowest BCUT2D eigenvalue weighted by Crippen LogP contribution is -2.27. The van der Waals surface area contributed by atoms with Gasteiger partial charge in [-0.05, 0) is 23.8 Å². The first kappa shape index (κ1) is 26.7. The van der Waals surface area contributed by atoms with Crippen LogP contribution in [-0.2, 0) is 34.1 Å². The summed E-state index contributed by atoms with van der Waals surface area (Å²) < 4.78 is 65.6. The molecule has 0 radical (unpaired) electrons. The molecule has 0 fully saturated rings. The van der Waals surface area contributed by atoms with Crippen molar-refractivity contribution in [3.63, 3.8) is 0 Å². The molecule has 0 atom stereocenters. The molecule has 36 heavy (non-hydrogen) atoms. The first-order valence-corrected chi connectivity index (χ1v) is 12.4. The number of sulfonamides is 1. The maximum atomic E-state index is 13.6. The molecule has 192 valence electrons. The predicted octanol–water partition coefficient (Wildman–Crippen LogP) is 3.28. The monoisotopic (exact) mass is 523 g/mol. The third-order valence-electron chi connectivity index (χ3n) is 4.96. The van der Waals surface area contributed by atoms with Gasteiger partial charge in [-0.2, -0.15) is 18.2 Å². The van der Waals surface area contributed by atoms with Crippen LogP contribution in [0.25, 0.3) is 0 Å². The molecule has 2 aromatic heterocycles. The number of carbonyl (C=O) groups is 1. The van der Waals surface area contributed by atoms with Crippen LogP contribution in [0.3, 0.4) is 0 Å². The standard InChI is InChI=1S/C22H24F3N7O3S/c1-14(33)27-11-15-6-8-17(9-7-15)30-21-29-13-18(22(23,24)25)19(31-21)28-12-16-5-4-10-26-20(16)32(2)36(3,34)35/h4-10,13H,11-12H2,1-3H3,(H,27,33)(H2,28,29,30,31). The third-order valence-corrected chi connectivity index (χ3v) is 6.12. The van der Waals surface area contributed by atoms with Gasteiger partial charge in [0.2, 0.25) is 21.9 Å². The van der Waals surface area contributed by atoms with Crippen LogP contribution in [0, 0.1) is 0 Å². The summed E-state index contributed by atoms with van der Waals surface area (Å²) in [6.45, 7) is 1.56. The van der Waals surface area contributed by atoms with E-state index >= 15 is 0 Å². The van der Waals surface area contributed by atoms with Gasteiger partial charge < -0.3 is 16.0 Å². The predicted molar refractivity (Wildman–Crippen MR) is 129 cm³/mol. The molecule has 14 heteroatoms. The first-order valence-electron chi connectivity index (χ1n) is 10.5. The van der Waals surface area contributed by atoms with E-state index in [0.717, 1.165) is 16.1 Å². The first-order chi connectivity index (χ1) is 16.8. The smallest absolute Gasteiger partial charge is 0.365 e. The average molecular weight is 524 g/mol. The van der Waals surface area contributed by atoms with Gasteiger partial charge in [0.1, 0.15) is 17.2 Å². The van der Waals surface area contributed by atoms with Gasteiger partial charge in [0.15, 0.2) is 0 Å². The molecule has 0 aliphatic rings. The van der Waals surface area contributed by atoms with Crippen LogP contribution in [-0.4, -0.2) is 42.6 Å². The molecule has 2 heterocycles. The molecule has 0 spiro atoms. The number of amides is 1. The van der Waals surface area contributed by atoms with Gasteiger partial charge in [-0.3, -0.25) is 9.10 Å². The Morgan fingerprint density at radius 1 is 1.08 bits per heavy atom. The fraction of sp³-hybridized carbons (Fsp3) is 0.273. The van der Waals surface area contributed by atoms with Gasteiger partial charge in [0, 0.05) is 50.7 Å². The topological polar surface area (TPSA) is 129 Å². The van der Waals surface area contributed by atoms with Gasteiger partial charge in [0.05, 0.1) is 6.26 Å². The maximum Gasteiger partial charge on any atom is 0.421 e. The van der Waals surface area contributed by atoms with Crippen LogP contribution in [0.1, 0.15) is 23.6 Å². The molecule has 0 aliphatic heterocycles. The molecular formula is C22H24F3N7O3S. The lowest BCUT2D eigenvalue weighted by atomic mass is 10.2. The summed E-state index contributed by atoms with van der Waals surface area (Å²) in [5.74, 6) is -0.663. The lowest BCUT2D eigenvalue weighted by molar-refractivity contribution is -0.137. The lowest BCUT2D eigenvalue weighted by Gasteiger charge is -2.20. The molecule has 0 saturated heterocycles. The zero-order chi connectivity index (χ0) is 26.5. The number of alkyl halides is 3. The maximum absolute atomic E-state index is 13.6. The number of halogens is 3. The summed E-state index contributed by atoms with van der Waals surface area (Å²) in [6, 6.07) is 9.92. The summed E-state index contributed by atoms with van der Waals surface area (Å²) >= 11 is 0. The number of pyridine rings is 1. The number of rotatable bonds is 9. The van der Waals surface area contributed by atoms with Crippen molar-refractivity contribution in [2.45, 2.75) is 26.2 Å². The second kappa shape index (κ2) is 10.8. The van der Waals surface area contributed by atoms with E-state index in [1.165, 1.54) is 20.2 Å². The minimum atomic E-state index is -4.73. The van der Waals surface area contributed by atoms with Crippen molar-refractivity contribution in [1.82, 2.24) is 20.3 Å². The molecule has 0 aliphatic carbocycles. The zero-order valence-corrected chi connectivity index (χ0v) is 20.4. The molecule has 1 aromatic carbocycles. The van der Waals surface area contributed by atoms with Crippen molar-refractivity contribution in [1.29, 1.82) is 0 Å². The quantitative estimate of drug-likeness (QED) is 0.390. The fourth-order valence-corrected chi connectivity index (χ4v) is 3.51. The average Bonchev–Trinajstić information content (AvgIpc) is 2.81. The minimum Gasteiger partial charge on any atom is -0.365 e. The number of hydrogen-bond donors (Lipinski definition) is 3. The largest absolute Gasteiger partial charge is 0.421 e. The van der Waals surface area contributed by atoms with E-state index in [1.54, 1.807) is 36.4 Å². The van der Waals surface area contributed by atoms with Crippen molar-refractivity contribution in [2.24, 2.45) is 0 Å².